The van der Waals surface area contributed by atoms with Gasteiger partial charge in [0.25, 0.3) is 0 Å². The molecular weight excluding hydrogens is 253 g/mol. The van der Waals surface area contributed by atoms with Crippen LogP contribution in [0.15, 0.2) is 36.4 Å². The van der Waals surface area contributed by atoms with Crippen molar-refractivity contribution in [3.63, 3.8) is 0 Å². The molecule has 20 heavy (non-hydrogen) atoms. The molecule has 3 heteroatoms. The summed E-state index contributed by atoms with van der Waals surface area (Å²) in [4.78, 5) is 14.7. The molecule has 2 aromatic carbocycles. The predicted molar refractivity (Wildman–Crippen MR) is 78.6 cm³/mol. The maximum atomic E-state index is 13.4. The number of hydrogen-bond acceptors (Lipinski definition) is 1. The number of aldehydes is 1. The highest BCUT2D eigenvalue weighted by Crippen LogP contribution is 2.32. The Bertz CT molecular complexity index is 817. The molecule has 0 spiro atoms. The molecule has 0 bridgehead atoms. The summed E-state index contributed by atoms with van der Waals surface area (Å²) < 4.78 is 13.4. The topological polar surface area (TPSA) is 32.9 Å². The molecule has 0 aliphatic rings. The normalized spacial score (nSPS) is 10.9. The van der Waals surface area contributed by atoms with Crippen LogP contribution in [0.5, 0.6) is 0 Å². The van der Waals surface area contributed by atoms with Crippen molar-refractivity contribution in [3.8, 4) is 11.3 Å². The van der Waals surface area contributed by atoms with E-state index in [2.05, 4.69) is 4.98 Å². The van der Waals surface area contributed by atoms with E-state index >= 15 is 0 Å². The number of aryl methyl sites for hydroxylation is 2. The highest BCUT2D eigenvalue weighted by atomic mass is 19.1. The lowest BCUT2D eigenvalue weighted by molar-refractivity contribution is 0.112. The van der Waals surface area contributed by atoms with Crippen LogP contribution >= 0.6 is 0 Å². The van der Waals surface area contributed by atoms with Crippen molar-refractivity contribution >= 4 is 17.2 Å². The molecule has 1 aromatic heterocycles. The number of benzene rings is 2. The SMILES string of the molecule is Cc1ccc2c(C=O)c(-c3cccc(F)c3)[nH]c2c1C. The number of H-pyrrole nitrogens is 1. The van der Waals surface area contributed by atoms with Gasteiger partial charge in [-0.3, -0.25) is 4.79 Å². The smallest absolute Gasteiger partial charge is 0.152 e. The first-order valence-corrected chi connectivity index (χ1v) is 6.45. The van der Waals surface area contributed by atoms with Crippen LogP contribution in [0.4, 0.5) is 4.39 Å². The van der Waals surface area contributed by atoms with Crippen LogP contribution in [0, 0.1) is 19.7 Å². The van der Waals surface area contributed by atoms with Crippen LogP contribution in [-0.2, 0) is 0 Å². The maximum absolute atomic E-state index is 13.4. The molecule has 0 atom stereocenters. The van der Waals surface area contributed by atoms with E-state index in [1.54, 1.807) is 12.1 Å². The summed E-state index contributed by atoms with van der Waals surface area (Å²) in [5.41, 5.74) is 5.12. The third-order valence-electron chi connectivity index (χ3n) is 3.78. The Balaban J connectivity index is 2.36. The van der Waals surface area contributed by atoms with Crippen LogP contribution in [0.25, 0.3) is 22.2 Å². The van der Waals surface area contributed by atoms with E-state index in [4.69, 9.17) is 0 Å². The molecule has 0 fully saturated rings. The molecule has 0 radical (unpaired) electrons. The lowest BCUT2D eigenvalue weighted by Crippen LogP contribution is -1.85. The zero-order valence-electron chi connectivity index (χ0n) is 11.3. The minimum atomic E-state index is -0.314. The molecule has 0 aliphatic heterocycles. The number of hydrogen-bond donors (Lipinski definition) is 1. The third-order valence-corrected chi connectivity index (χ3v) is 3.78. The van der Waals surface area contributed by atoms with Gasteiger partial charge in [-0.25, -0.2) is 4.39 Å². The van der Waals surface area contributed by atoms with Crippen molar-refractivity contribution in [2.45, 2.75) is 13.8 Å². The average Bonchev–Trinajstić information content (AvgIpc) is 2.82. The van der Waals surface area contributed by atoms with Crippen molar-refractivity contribution in [1.82, 2.24) is 4.98 Å². The molecular formula is C17H14FNO. The zero-order chi connectivity index (χ0) is 14.3. The van der Waals surface area contributed by atoms with E-state index < -0.39 is 0 Å². The first-order valence-electron chi connectivity index (χ1n) is 6.45. The molecule has 100 valence electrons. The lowest BCUT2D eigenvalue weighted by atomic mass is 10.0. The Kier molecular flexibility index (Phi) is 2.90. The van der Waals surface area contributed by atoms with E-state index in [-0.39, 0.29) is 5.82 Å². The maximum Gasteiger partial charge on any atom is 0.152 e. The van der Waals surface area contributed by atoms with Crippen LogP contribution in [0.1, 0.15) is 21.5 Å². The van der Waals surface area contributed by atoms with Gasteiger partial charge < -0.3 is 4.98 Å². The number of aromatic nitrogens is 1. The molecule has 0 unspecified atom stereocenters. The Morgan fingerprint density at radius 1 is 1.15 bits per heavy atom. The van der Waals surface area contributed by atoms with Crippen molar-refractivity contribution in [1.29, 1.82) is 0 Å². The average molecular weight is 267 g/mol. The number of halogens is 1. The van der Waals surface area contributed by atoms with Gasteiger partial charge in [0, 0.05) is 22.0 Å². The molecule has 0 amide bonds. The molecule has 3 rings (SSSR count). The highest BCUT2D eigenvalue weighted by Gasteiger charge is 2.14. The van der Waals surface area contributed by atoms with Gasteiger partial charge >= 0.3 is 0 Å². The van der Waals surface area contributed by atoms with Gasteiger partial charge in [-0.1, -0.05) is 24.3 Å². The Labute approximate surface area is 116 Å². The number of nitrogens with one attached hydrogen (secondary N) is 1. The van der Waals surface area contributed by atoms with Crippen molar-refractivity contribution < 1.29 is 9.18 Å². The fourth-order valence-corrected chi connectivity index (χ4v) is 2.52. The van der Waals surface area contributed by atoms with Crippen LogP contribution in [-0.4, -0.2) is 11.3 Å². The van der Waals surface area contributed by atoms with Crippen molar-refractivity contribution in [2.75, 3.05) is 0 Å². The largest absolute Gasteiger partial charge is 0.354 e. The molecule has 1 N–H and O–H groups in total. The number of aromatic amines is 1. The molecule has 3 aromatic rings. The Morgan fingerprint density at radius 2 is 1.95 bits per heavy atom. The molecule has 2 nitrogen and oxygen atoms in total. The number of rotatable bonds is 2. The van der Waals surface area contributed by atoms with Gasteiger partial charge in [0.1, 0.15) is 5.82 Å². The summed E-state index contributed by atoms with van der Waals surface area (Å²) >= 11 is 0. The number of carbonyl (C=O) groups is 1. The van der Waals surface area contributed by atoms with E-state index in [9.17, 15) is 9.18 Å². The number of carbonyl (C=O) groups excluding carboxylic acids is 1. The quantitative estimate of drug-likeness (QED) is 0.686. The standard InChI is InChI=1S/C17H14FNO/c1-10-6-7-14-15(9-20)17(19-16(14)11(10)2)12-4-3-5-13(18)8-12/h3-9,19H,1-2H3. The van der Waals surface area contributed by atoms with E-state index in [0.717, 1.165) is 28.3 Å². The second-order valence-electron chi connectivity index (χ2n) is 4.97. The lowest BCUT2D eigenvalue weighted by Gasteiger charge is -2.00. The van der Waals surface area contributed by atoms with Crippen LogP contribution in [0.3, 0.4) is 0 Å². The monoisotopic (exact) mass is 267 g/mol. The first kappa shape index (κ1) is 12.6. The zero-order valence-corrected chi connectivity index (χ0v) is 11.3. The summed E-state index contributed by atoms with van der Waals surface area (Å²) in [6, 6.07) is 10.2. The first-order chi connectivity index (χ1) is 9.61. The Hall–Kier alpha value is -2.42. The van der Waals surface area contributed by atoms with Crippen LogP contribution < -0.4 is 0 Å². The second-order valence-corrected chi connectivity index (χ2v) is 4.97. The third kappa shape index (κ3) is 1.83. The summed E-state index contributed by atoms with van der Waals surface area (Å²) in [5.74, 6) is -0.314. The highest BCUT2D eigenvalue weighted by molar-refractivity contribution is 6.05. The van der Waals surface area contributed by atoms with Gasteiger partial charge in [-0.2, -0.15) is 0 Å². The summed E-state index contributed by atoms with van der Waals surface area (Å²) in [6.07, 6.45) is 0.827. The van der Waals surface area contributed by atoms with Gasteiger partial charge in [0.2, 0.25) is 0 Å². The molecule has 0 saturated carbocycles. The molecule has 1 heterocycles. The molecule has 0 saturated heterocycles. The Morgan fingerprint density at radius 3 is 2.65 bits per heavy atom. The van der Waals surface area contributed by atoms with E-state index in [0.29, 0.717) is 16.8 Å². The fourth-order valence-electron chi connectivity index (χ4n) is 2.52. The van der Waals surface area contributed by atoms with Crippen molar-refractivity contribution in [3.05, 3.63) is 58.9 Å². The van der Waals surface area contributed by atoms with Gasteiger partial charge in [0.05, 0.1) is 5.69 Å². The number of fused-ring (bicyclic) bond motifs is 1. The fraction of sp³-hybridized carbons (Fsp3) is 0.118. The van der Waals surface area contributed by atoms with E-state index in [1.807, 2.05) is 26.0 Å². The van der Waals surface area contributed by atoms with Gasteiger partial charge in [-0.15, -0.1) is 0 Å². The van der Waals surface area contributed by atoms with Gasteiger partial charge in [0.15, 0.2) is 6.29 Å². The van der Waals surface area contributed by atoms with E-state index in [1.165, 1.54) is 12.1 Å². The van der Waals surface area contributed by atoms with Gasteiger partial charge in [-0.05, 0) is 37.1 Å². The minimum absolute atomic E-state index is 0.314. The summed E-state index contributed by atoms with van der Waals surface area (Å²) in [6.45, 7) is 4.04. The second kappa shape index (κ2) is 4.60. The minimum Gasteiger partial charge on any atom is -0.354 e. The predicted octanol–water partition coefficient (Wildman–Crippen LogP) is 4.40. The summed E-state index contributed by atoms with van der Waals surface area (Å²) in [7, 11) is 0. The van der Waals surface area contributed by atoms with Crippen LogP contribution in [0.2, 0.25) is 0 Å². The summed E-state index contributed by atoms with van der Waals surface area (Å²) in [5, 5.41) is 0.877. The van der Waals surface area contributed by atoms with Crippen molar-refractivity contribution in [2.24, 2.45) is 0 Å². The molecule has 0 aliphatic carbocycles.